The number of hydrogen-bond acceptors (Lipinski definition) is 4. The number of nitrogens with zero attached hydrogens (tertiary/aromatic N) is 1. The number of carbonyl (C=O) groups excluding carboxylic acids is 2. The normalized spacial score (nSPS) is 16.2. The maximum atomic E-state index is 13.6. The molecule has 0 aliphatic carbocycles. The number of rotatable bonds is 7. The zero-order valence-electron chi connectivity index (χ0n) is 18.5. The monoisotopic (exact) mass is 480 g/mol. The average Bonchev–Trinajstić information content (AvgIpc) is 2.85. The first-order valence-electron chi connectivity index (χ1n) is 10.7. The van der Waals surface area contributed by atoms with Gasteiger partial charge in [-0.3, -0.25) is 9.59 Å². The second-order valence-corrected chi connectivity index (χ2v) is 9.43. The molecular formula is C26H25ClN2O3S. The van der Waals surface area contributed by atoms with Crippen LogP contribution in [0.25, 0.3) is 0 Å². The van der Waals surface area contributed by atoms with Crippen LogP contribution in [-0.4, -0.2) is 24.2 Å². The number of benzene rings is 3. The fourth-order valence-electron chi connectivity index (χ4n) is 3.85. The number of methoxy groups -OCH3 is 1. The standard InChI is InChI=1S/C26H25ClN2O3S/c1-17(25(30)28-15-18-9-4-7-13-22(18)32-2)24-26(31)29(16-19-10-3-5-11-20(19)27)21-12-6-8-14-23(21)33-24/h3-14,17,24H,15-16H2,1-2H3,(H,28,30)/t17-,24-/m0/s1. The Hall–Kier alpha value is -2.96. The molecule has 1 N–H and O–H groups in total. The van der Waals surface area contributed by atoms with Crippen molar-refractivity contribution in [1.29, 1.82) is 0 Å². The van der Waals surface area contributed by atoms with Gasteiger partial charge in [-0.05, 0) is 29.8 Å². The summed E-state index contributed by atoms with van der Waals surface area (Å²) in [7, 11) is 1.60. The van der Waals surface area contributed by atoms with Crippen molar-refractivity contribution in [2.45, 2.75) is 30.2 Å². The fraction of sp³-hybridized carbons (Fsp3) is 0.231. The van der Waals surface area contributed by atoms with Crippen molar-refractivity contribution in [2.75, 3.05) is 12.0 Å². The smallest absolute Gasteiger partial charge is 0.241 e. The van der Waals surface area contributed by atoms with E-state index in [-0.39, 0.29) is 11.8 Å². The molecule has 0 fully saturated rings. The molecule has 0 saturated carbocycles. The molecule has 0 radical (unpaired) electrons. The SMILES string of the molecule is COc1ccccc1CNC(=O)[C@@H](C)[C@@H]1Sc2ccccc2N(Cc2ccccc2Cl)C1=O. The summed E-state index contributed by atoms with van der Waals surface area (Å²) in [6, 6.07) is 22.8. The first kappa shape index (κ1) is 23.2. The van der Waals surface area contributed by atoms with E-state index < -0.39 is 11.2 Å². The molecule has 3 aromatic carbocycles. The van der Waals surface area contributed by atoms with Crippen LogP contribution < -0.4 is 15.0 Å². The van der Waals surface area contributed by atoms with Crippen LogP contribution in [0.5, 0.6) is 5.75 Å². The topological polar surface area (TPSA) is 58.6 Å². The third kappa shape index (κ3) is 5.02. The molecule has 5 nitrogen and oxygen atoms in total. The average molecular weight is 481 g/mol. The van der Waals surface area contributed by atoms with Gasteiger partial charge < -0.3 is 15.0 Å². The molecule has 1 aliphatic rings. The van der Waals surface area contributed by atoms with Gasteiger partial charge in [-0.1, -0.05) is 67.1 Å². The number of para-hydroxylation sites is 2. The molecule has 33 heavy (non-hydrogen) atoms. The van der Waals surface area contributed by atoms with Gasteiger partial charge in [0.05, 0.1) is 25.3 Å². The number of carbonyl (C=O) groups is 2. The van der Waals surface area contributed by atoms with Gasteiger partial charge in [0, 0.05) is 22.0 Å². The van der Waals surface area contributed by atoms with Crippen molar-refractivity contribution in [3.8, 4) is 5.75 Å². The van der Waals surface area contributed by atoms with Crippen molar-refractivity contribution in [1.82, 2.24) is 5.32 Å². The Bertz CT molecular complexity index is 1170. The van der Waals surface area contributed by atoms with Gasteiger partial charge in [0.25, 0.3) is 0 Å². The van der Waals surface area contributed by atoms with Crippen LogP contribution in [0.1, 0.15) is 18.1 Å². The van der Waals surface area contributed by atoms with Crippen molar-refractivity contribution in [3.63, 3.8) is 0 Å². The van der Waals surface area contributed by atoms with E-state index in [0.29, 0.717) is 23.9 Å². The molecule has 0 saturated heterocycles. The number of fused-ring (bicyclic) bond motifs is 1. The van der Waals surface area contributed by atoms with Crippen LogP contribution in [-0.2, 0) is 22.7 Å². The van der Waals surface area contributed by atoms with Gasteiger partial charge in [0.2, 0.25) is 11.8 Å². The highest BCUT2D eigenvalue weighted by atomic mass is 35.5. The van der Waals surface area contributed by atoms with E-state index in [2.05, 4.69) is 5.32 Å². The van der Waals surface area contributed by atoms with Crippen LogP contribution in [0.2, 0.25) is 5.02 Å². The van der Waals surface area contributed by atoms with Gasteiger partial charge >= 0.3 is 0 Å². The molecule has 0 spiro atoms. The minimum atomic E-state index is -0.542. The van der Waals surface area contributed by atoms with Crippen molar-refractivity contribution < 1.29 is 14.3 Å². The van der Waals surface area contributed by atoms with E-state index in [1.54, 1.807) is 18.9 Å². The fourth-order valence-corrected chi connectivity index (χ4v) is 5.33. The van der Waals surface area contributed by atoms with E-state index in [9.17, 15) is 9.59 Å². The Morgan fingerprint density at radius 1 is 1.06 bits per heavy atom. The Balaban J connectivity index is 1.54. The summed E-state index contributed by atoms with van der Waals surface area (Å²) in [5.74, 6) is -0.0879. The quantitative estimate of drug-likeness (QED) is 0.498. The van der Waals surface area contributed by atoms with E-state index >= 15 is 0 Å². The highest BCUT2D eigenvalue weighted by molar-refractivity contribution is 8.01. The summed E-state index contributed by atoms with van der Waals surface area (Å²) in [6.07, 6.45) is 0. The van der Waals surface area contributed by atoms with Crippen LogP contribution in [0, 0.1) is 5.92 Å². The minimum Gasteiger partial charge on any atom is -0.496 e. The first-order chi connectivity index (χ1) is 16.0. The summed E-state index contributed by atoms with van der Waals surface area (Å²) >= 11 is 7.81. The third-order valence-electron chi connectivity index (χ3n) is 5.72. The van der Waals surface area contributed by atoms with Gasteiger partial charge in [-0.25, -0.2) is 0 Å². The number of hydrogen-bond donors (Lipinski definition) is 1. The molecule has 2 amide bonds. The predicted molar refractivity (Wildman–Crippen MR) is 133 cm³/mol. The zero-order valence-corrected chi connectivity index (χ0v) is 20.0. The molecule has 0 unspecified atom stereocenters. The number of nitrogens with one attached hydrogen (secondary N) is 1. The molecule has 4 rings (SSSR count). The lowest BCUT2D eigenvalue weighted by Crippen LogP contribution is -2.47. The second-order valence-electron chi connectivity index (χ2n) is 7.84. The van der Waals surface area contributed by atoms with Gasteiger partial charge in [-0.2, -0.15) is 0 Å². The van der Waals surface area contributed by atoms with Crippen molar-refractivity contribution in [2.24, 2.45) is 5.92 Å². The molecule has 7 heteroatoms. The summed E-state index contributed by atoms with van der Waals surface area (Å²) in [6.45, 7) is 2.48. The van der Waals surface area contributed by atoms with Crippen LogP contribution in [0.4, 0.5) is 5.69 Å². The van der Waals surface area contributed by atoms with E-state index in [1.807, 2.05) is 72.8 Å². The largest absolute Gasteiger partial charge is 0.496 e. The molecular weight excluding hydrogens is 456 g/mol. The molecule has 3 aromatic rings. The number of halogens is 1. The maximum Gasteiger partial charge on any atom is 0.241 e. The lowest BCUT2D eigenvalue weighted by Gasteiger charge is -2.36. The van der Waals surface area contributed by atoms with Crippen LogP contribution in [0.3, 0.4) is 0 Å². The molecule has 0 aromatic heterocycles. The molecule has 0 bridgehead atoms. The number of thioether (sulfide) groups is 1. The number of anilines is 1. The van der Waals surface area contributed by atoms with Gasteiger partial charge in [0.1, 0.15) is 11.0 Å². The Kier molecular flexibility index (Phi) is 7.26. The molecule has 2 atom stereocenters. The first-order valence-corrected chi connectivity index (χ1v) is 12.0. The Morgan fingerprint density at radius 3 is 2.48 bits per heavy atom. The Morgan fingerprint density at radius 2 is 1.73 bits per heavy atom. The molecule has 1 heterocycles. The second kappa shape index (κ2) is 10.3. The van der Waals surface area contributed by atoms with Gasteiger partial charge in [0.15, 0.2) is 0 Å². The maximum absolute atomic E-state index is 13.6. The lowest BCUT2D eigenvalue weighted by molar-refractivity contribution is -0.128. The van der Waals surface area contributed by atoms with Crippen molar-refractivity contribution >= 4 is 40.9 Å². The van der Waals surface area contributed by atoms with E-state index in [1.165, 1.54) is 11.8 Å². The van der Waals surface area contributed by atoms with Crippen molar-refractivity contribution in [3.05, 3.63) is 88.9 Å². The van der Waals surface area contributed by atoms with Gasteiger partial charge in [-0.15, -0.1) is 11.8 Å². The summed E-state index contributed by atoms with van der Waals surface area (Å²) in [5.41, 5.74) is 2.58. The summed E-state index contributed by atoms with van der Waals surface area (Å²) in [5, 5.41) is 3.03. The van der Waals surface area contributed by atoms with Crippen LogP contribution in [0.15, 0.2) is 77.7 Å². The summed E-state index contributed by atoms with van der Waals surface area (Å²) < 4.78 is 5.36. The predicted octanol–water partition coefficient (Wildman–Crippen LogP) is 5.31. The highest BCUT2D eigenvalue weighted by Gasteiger charge is 2.39. The number of amides is 2. The van der Waals surface area contributed by atoms with E-state index in [0.717, 1.165) is 21.7 Å². The minimum absolute atomic E-state index is 0.0986. The number of ether oxygens (including phenoxy) is 1. The lowest BCUT2D eigenvalue weighted by atomic mass is 10.0. The van der Waals surface area contributed by atoms with Crippen LogP contribution >= 0.6 is 23.4 Å². The summed E-state index contributed by atoms with van der Waals surface area (Å²) in [4.78, 5) is 29.3. The van der Waals surface area contributed by atoms with E-state index in [4.69, 9.17) is 16.3 Å². The Labute approximate surface area is 203 Å². The molecule has 1 aliphatic heterocycles. The molecule has 170 valence electrons. The third-order valence-corrected chi connectivity index (χ3v) is 7.55. The zero-order chi connectivity index (χ0) is 23.4. The highest BCUT2D eigenvalue weighted by Crippen LogP contribution is 2.42.